The summed E-state index contributed by atoms with van der Waals surface area (Å²) >= 11 is 3.34. The Balaban J connectivity index is 1.45. The monoisotopic (exact) mass is 359 g/mol. The van der Waals surface area contributed by atoms with Crippen molar-refractivity contribution in [3.63, 3.8) is 0 Å². The molecule has 1 aliphatic rings. The highest BCUT2D eigenvalue weighted by molar-refractivity contribution is 7.99. The summed E-state index contributed by atoms with van der Waals surface area (Å²) in [5, 5.41) is 11.7. The van der Waals surface area contributed by atoms with Crippen molar-refractivity contribution in [2.24, 2.45) is 0 Å². The molecule has 4 rings (SSSR count). The molecule has 1 aliphatic heterocycles. The van der Waals surface area contributed by atoms with Crippen LogP contribution in [0, 0.1) is 0 Å². The molecule has 0 aliphatic carbocycles. The van der Waals surface area contributed by atoms with Crippen LogP contribution in [-0.2, 0) is 6.54 Å². The summed E-state index contributed by atoms with van der Waals surface area (Å²) in [6, 6.07) is 11.9. The van der Waals surface area contributed by atoms with Gasteiger partial charge in [-0.25, -0.2) is 0 Å². The zero-order valence-corrected chi connectivity index (χ0v) is 14.8. The third-order valence-electron chi connectivity index (χ3n) is 3.74. The first-order valence-corrected chi connectivity index (χ1v) is 9.70. The number of rotatable bonds is 5. The molecular formula is C17H17N3O2S2. The molecule has 0 radical (unpaired) electrons. The van der Waals surface area contributed by atoms with Gasteiger partial charge in [-0.1, -0.05) is 30.0 Å². The number of thioether (sulfide) groups is 1. The van der Waals surface area contributed by atoms with E-state index in [1.165, 1.54) is 0 Å². The first kappa shape index (κ1) is 15.5. The van der Waals surface area contributed by atoms with Crippen molar-refractivity contribution in [2.45, 2.75) is 24.7 Å². The fraction of sp³-hybridized carbons (Fsp3) is 0.294. The molecule has 24 heavy (non-hydrogen) atoms. The van der Waals surface area contributed by atoms with Gasteiger partial charge < -0.3 is 14.0 Å². The lowest BCUT2D eigenvalue weighted by Crippen LogP contribution is -2.31. The van der Waals surface area contributed by atoms with E-state index in [1.54, 1.807) is 23.1 Å². The van der Waals surface area contributed by atoms with Crippen molar-refractivity contribution >= 4 is 23.1 Å². The fourth-order valence-corrected chi connectivity index (χ4v) is 4.27. The number of para-hydroxylation sites is 2. The summed E-state index contributed by atoms with van der Waals surface area (Å²) in [5.41, 5.74) is 0. The van der Waals surface area contributed by atoms with Crippen LogP contribution in [0.5, 0.6) is 11.5 Å². The van der Waals surface area contributed by atoms with E-state index in [0.29, 0.717) is 6.61 Å². The van der Waals surface area contributed by atoms with Gasteiger partial charge in [0.05, 0.1) is 4.88 Å². The maximum Gasteiger partial charge on any atom is 0.191 e. The van der Waals surface area contributed by atoms with E-state index < -0.39 is 0 Å². The minimum absolute atomic E-state index is 0.0112. The van der Waals surface area contributed by atoms with Crippen molar-refractivity contribution < 1.29 is 9.47 Å². The Hall–Kier alpha value is -1.99. The molecule has 0 spiro atoms. The third kappa shape index (κ3) is 3.01. The van der Waals surface area contributed by atoms with Gasteiger partial charge in [-0.3, -0.25) is 0 Å². The highest BCUT2D eigenvalue weighted by atomic mass is 32.2. The molecule has 0 amide bonds. The van der Waals surface area contributed by atoms with Gasteiger partial charge in [0, 0.05) is 12.3 Å². The second kappa shape index (κ2) is 6.86. The Bertz CT molecular complexity index is 817. The van der Waals surface area contributed by atoms with Crippen LogP contribution in [0.1, 0.15) is 6.92 Å². The minimum atomic E-state index is 0.0112. The van der Waals surface area contributed by atoms with Crippen LogP contribution in [-0.4, -0.2) is 33.2 Å². The predicted molar refractivity (Wildman–Crippen MR) is 96.1 cm³/mol. The molecule has 3 aromatic rings. The first-order valence-electron chi connectivity index (χ1n) is 7.83. The van der Waals surface area contributed by atoms with Crippen molar-refractivity contribution in [3.8, 4) is 22.2 Å². The van der Waals surface area contributed by atoms with Gasteiger partial charge in [-0.05, 0) is 30.5 Å². The highest BCUT2D eigenvalue weighted by Crippen LogP contribution is 2.33. The molecular weight excluding hydrogens is 342 g/mol. The first-order chi connectivity index (χ1) is 11.8. The molecule has 5 nitrogen and oxygen atoms in total. The van der Waals surface area contributed by atoms with E-state index in [2.05, 4.69) is 33.1 Å². The van der Waals surface area contributed by atoms with Crippen LogP contribution >= 0.6 is 23.1 Å². The highest BCUT2D eigenvalue weighted by Gasteiger charge is 2.22. The zero-order chi connectivity index (χ0) is 16.4. The molecule has 3 heterocycles. The van der Waals surface area contributed by atoms with E-state index in [1.807, 2.05) is 30.3 Å². The quantitative estimate of drug-likeness (QED) is 0.646. The molecule has 0 saturated heterocycles. The van der Waals surface area contributed by atoms with Gasteiger partial charge >= 0.3 is 0 Å². The Morgan fingerprint density at radius 2 is 2.08 bits per heavy atom. The van der Waals surface area contributed by atoms with Crippen molar-refractivity contribution in [2.75, 3.05) is 12.4 Å². The largest absolute Gasteiger partial charge is 0.486 e. The smallest absolute Gasteiger partial charge is 0.191 e. The van der Waals surface area contributed by atoms with Gasteiger partial charge in [-0.15, -0.1) is 21.5 Å². The summed E-state index contributed by atoms with van der Waals surface area (Å²) in [6.07, 6.45) is 0.0112. The Morgan fingerprint density at radius 1 is 1.21 bits per heavy atom. The number of hydrogen-bond donors (Lipinski definition) is 0. The van der Waals surface area contributed by atoms with Gasteiger partial charge in [-0.2, -0.15) is 0 Å². The topological polar surface area (TPSA) is 49.2 Å². The second-order valence-corrected chi connectivity index (χ2v) is 7.27. The summed E-state index contributed by atoms with van der Waals surface area (Å²) in [7, 11) is 0. The standard InChI is InChI=1S/C17H17N3O2S2/c1-2-20-16(15-8-5-9-23-15)18-19-17(20)24-11-12-10-21-13-6-3-4-7-14(13)22-12/h3-9,12H,2,10-11H2,1H3/t12-/m1/s1. The van der Waals surface area contributed by atoms with E-state index in [-0.39, 0.29) is 6.10 Å². The van der Waals surface area contributed by atoms with E-state index in [9.17, 15) is 0 Å². The number of aromatic nitrogens is 3. The normalized spacial score (nSPS) is 16.3. The number of thiophene rings is 1. The van der Waals surface area contributed by atoms with Crippen LogP contribution in [0.2, 0.25) is 0 Å². The van der Waals surface area contributed by atoms with Crippen molar-refractivity contribution in [1.82, 2.24) is 14.8 Å². The van der Waals surface area contributed by atoms with E-state index in [4.69, 9.17) is 9.47 Å². The molecule has 0 N–H and O–H groups in total. The van der Waals surface area contributed by atoms with Crippen LogP contribution in [0.15, 0.2) is 46.9 Å². The lowest BCUT2D eigenvalue weighted by molar-refractivity contribution is 0.107. The predicted octanol–water partition coefficient (Wildman–Crippen LogP) is 3.96. The molecule has 0 saturated carbocycles. The molecule has 0 bridgehead atoms. The molecule has 124 valence electrons. The second-order valence-electron chi connectivity index (χ2n) is 5.34. The van der Waals surface area contributed by atoms with Gasteiger partial charge in [0.25, 0.3) is 0 Å². The van der Waals surface area contributed by atoms with Crippen molar-refractivity contribution in [1.29, 1.82) is 0 Å². The van der Waals surface area contributed by atoms with E-state index in [0.717, 1.165) is 39.7 Å². The SMILES string of the molecule is CCn1c(SC[C@H]2COc3ccccc3O2)nnc1-c1cccs1. The number of ether oxygens (including phenoxy) is 2. The van der Waals surface area contributed by atoms with Crippen LogP contribution in [0.3, 0.4) is 0 Å². The average Bonchev–Trinajstić information content (AvgIpc) is 3.28. The lowest BCUT2D eigenvalue weighted by Gasteiger charge is -2.26. The molecule has 1 aromatic carbocycles. The number of hydrogen-bond acceptors (Lipinski definition) is 6. The maximum absolute atomic E-state index is 6.00. The van der Waals surface area contributed by atoms with Gasteiger partial charge in [0.2, 0.25) is 0 Å². The zero-order valence-electron chi connectivity index (χ0n) is 13.2. The summed E-state index contributed by atoms with van der Waals surface area (Å²) < 4.78 is 13.9. The van der Waals surface area contributed by atoms with Gasteiger partial charge in [0.15, 0.2) is 22.5 Å². The fourth-order valence-electron chi connectivity index (χ4n) is 2.58. The molecule has 0 fully saturated rings. The minimum Gasteiger partial charge on any atom is -0.486 e. The molecule has 1 atom stereocenters. The lowest BCUT2D eigenvalue weighted by atomic mass is 10.3. The number of benzene rings is 1. The third-order valence-corrected chi connectivity index (χ3v) is 5.70. The Labute approximate surface area is 148 Å². The Kier molecular flexibility index (Phi) is 4.44. The van der Waals surface area contributed by atoms with Gasteiger partial charge in [0.1, 0.15) is 12.7 Å². The molecule has 2 aromatic heterocycles. The summed E-state index contributed by atoms with van der Waals surface area (Å²) in [4.78, 5) is 1.14. The maximum atomic E-state index is 6.00. The van der Waals surface area contributed by atoms with E-state index >= 15 is 0 Å². The summed E-state index contributed by atoms with van der Waals surface area (Å²) in [5.74, 6) is 3.33. The summed E-state index contributed by atoms with van der Waals surface area (Å²) in [6.45, 7) is 3.51. The average molecular weight is 359 g/mol. The number of fused-ring (bicyclic) bond motifs is 1. The van der Waals surface area contributed by atoms with Crippen LogP contribution < -0.4 is 9.47 Å². The van der Waals surface area contributed by atoms with Crippen molar-refractivity contribution in [3.05, 3.63) is 41.8 Å². The van der Waals surface area contributed by atoms with Crippen LogP contribution in [0.4, 0.5) is 0 Å². The molecule has 7 heteroatoms. The molecule has 0 unspecified atom stereocenters. The van der Waals surface area contributed by atoms with Crippen LogP contribution in [0.25, 0.3) is 10.7 Å². The number of nitrogens with zero attached hydrogens (tertiary/aromatic N) is 3. The Morgan fingerprint density at radius 3 is 2.88 bits per heavy atom.